The zero-order valence-electron chi connectivity index (χ0n) is 17.3. The molecule has 0 saturated carbocycles. The van der Waals surface area contributed by atoms with E-state index in [1.54, 1.807) is 11.0 Å². The SMILES string of the molecule is CC(C)Oc1ccc(S(=O)O)cc1C(=O)N1Cc2ccc(C3CCOCC3)cc2C1. The van der Waals surface area contributed by atoms with Crippen LogP contribution in [0, 0.1) is 0 Å². The summed E-state index contributed by atoms with van der Waals surface area (Å²) in [4.78, 5) is 15.3. The van der Waals surface area contributed by atoms with Crippen LogP contribution in [0.3, 0.4) is 0 Å². The molecular weight excluding hydrogens is 402 g/mol. The summed E-state index contributed by atoms with van der Waals surface area (Å²) < 4.78 is 32.3. The van der Waals surface area contributed by atoms with Crippen molar-refractivity contribution in [3.05, 3.63) is 58.7 Å². The average molecular weight is 430 g/mol. The minimum absolute atomic E-state index is 0.111. The number of carbonyl (C=O) groups is 1. The molecule has 0 aromatic heterocycles. The number of hydrogen-bond donors (Lipinski definition) is 1. The number of ether oxygens (including phenoxy) is 2. The highest BCUT2D eigenvalue weighted by Gasteiger charge is 2.28. The van der Waals surface area contributed by atoms with Gasteiger partial charge in [-0.1, -0.05) is 18.2 Å². The summed E-state index contributed by atoms with van der Waals surface area (Å²) in [5.41, 5.74) is 3.95. The van der Waals surface area contributed by atoms with Gasteiger partial charge in [-0.25, -0.2) is 4.21 Å². The van der Waals surface area contributed by atoms with E-state index in [0.29, 0.717) is 30.3 Å². The molecule has 1 atom stereocenters. The van der Waals surface area contributed by atoms with Crippen molar-refractivity contribution < 1.29 is 23.0 Å². The zero-order valence-corrected chi connectivity index (χ0v) is 18.1. The van der Waals surface area contributed by atoms with Crippen molar-refractivity contribution in [2.75, 3.05) is 13.2 Å². The first-order valence-electron chi connectivity index (χ1n) is 10.3. The Hall–Kier alpha value is -2.22. The smallest absolute Gasteiger partial charge is 0.258 e. The molecule has 0 aliphatic carbocycles. The molecule has 4 rings (SSSR count). The third-order valence-corrected chi connectivity index (χ3v) is 6.34. The first-order valence-corrected chi connectivity index (χ1v) is 11.4. The van der Waals surface area contributed by atoms with Crippen LogP contribution in [-0.4, -0.2) is 38.9 Å². The molecule has 1 N–H and O–H groups in total. The molecular formula is C23H27NO5S. The second kappa shape index (κ2) is 8.88. The predicted molar refractivity (Wildman–Crippen MR) is 114 cm³/mol. The molecule has 6 nitrogen and oxygen atoms in total. The Morgan fingerprint density at radius 1 is 1.13 bits per heavy atom. The minimum atomic E-state index is -2.16. The number of rotatable bonds is 5. The van der Waals surface area contributed by atoms with Crippen LogP contribution >= 0.6 is 0 Å². The molecule has 1 amide bonds. The van der Waals surface area contributed by atoms with E-state index in [0.717, 1.165) is 31.6 Å². The maximum Gasteiger partial charge on any atom is 0.258 e. The average Bonchev–Trinajstić information content (AvgIpc) is 3.17. The summed E-state index contributed by atoms with van der Waals surface area (Å²) in [7, 11) is 0. The largest absolute Gasteiger partial charge is 0.490 e. The highest BCUT2D eigenvalue weighted by Crippen LogP contribution is 2.33. The van der Waals surface area contributed by atoms with Gasteiger partial charge in [-0.05, 0) is 67.5 Å². The van der Waals surface area contributed by atoms with Crippen molar-refractivity contribution in [1.82, 2.24) is 4.90 Å². The standard InChI is InChI=1S/C23H27NO5S/c1-15(2)29-22-6-5-20(30(26)27)12-21(22)23(25)24-13-18-4-3-17(11-19(18)14-24)16-7-9-28-10-8-16/h3-6,11-12,15-16H,7-10,13-14H2,1-2H3,(H,26,27). The van der Waals surface area contributed by atoms with Gasteiger partial charge in [0.1, 0.15) is 5.75 Å². The van der Waals surface area contributed by atoms with Crippen LogP contribution in [0.15, 0.2) is 41.3 Å². The van der Waals surface area contributed by atoms with Crippen molar-refractivity contribution in [3.63, 3.8) is 0 Å². The van der Waals surface area contributed by atoms with E-state index in [2.05, 4.69) is 18.2 Å². The maximum absolute atomic E-state index is 13.3. The molecule has 0 bridgehead atoms. The van der Waals surface area contributed by atoms with E-state index < -0.39 is 11.1 Å². The van der Waals surface area contributed by atoms with Crippen molar-refractivity contribution in [2.45, 2.75) is 56.7 Å². The molecule has 7 heteroatoms. The van der Waals surface area contributed by atoms with Crippen molar-refractivity contribution in [1.29, 1.82) is 0 Å². The monoisotopic (exact) mass is 429 g/mol. The van der Waals surface area contributed by atoms with Gasteiger partial charge in [-0.15, -0.1) is 0 Å². The van der Waals surface area contributed by atoms with Crippen molar-refractivity contribution >= 4 is 17.0 Å². The third kappa shape index (κ3) is 4.43. The van der Waals surface area contributed by atoms with Crippen LogP contribution in [0.25, 0.3) is 0 Å². The van der Waals surface area contributed by atoms with E-state index in [-0.39, 0.29) is 16.9 Å². The Balaban J connectivity index is 1.57. The van der Waals surface area contributed by atoms with Crippen LogP contribution in [0.2, 0.25) is 0 Å². The van der Waals surface area contributed by atoms with Crippen LogP contribution < -0.4 is 4.74 Å². The Bertz CT molecular complexity index is 968. The van der Waals surface area contributed by atoms with Gasteiger partial charge in [0, 0.05) is 26.3 Å². The molecule has 30 heavy (non-hydrogen) atoms. The molecule has 1 unspecified atom stereocenters. The predicted octanol–water partition coefficient (Wildman–Crippen LogP) is 4.10. The number of amides is 1. The van der Waals surface area contributed by atoms with E-state index in [9.17, 15) is 13.6 Å². The molecule has 160 valence electrons. The molecule has 2 aliphatic rings. The van der Waals surface area contributed by atoms with Crippen molar-refractivity contribution in [3.8, 4) is 5.75 Å². The van der Waals surface area contributed by atoms with E-state index in [4.69, 9.17) is 9.47 Å². The third-order valence-electron chi connectivity index (χ3n) is 5.68. The quantitative estimate of drug-likeness (QED) is 0.724. The molecule has 1 saturated heterocycles. The fourth-order valence-corrected chi connectivity index (χ4v) is 4.56. The van der Waals surface area contributed by atoms with Crippen molar-refractivity contribution in [2.24, 2.45) is 0 Å². The summed E-state index contributed by atoms with van der Waals surface area (Å²) in [5, 5.41) is 0. The van der Waals surface area contributed by atoms with Gasteiger partial charge in [-0.3, -0.25) is 4.79 Å². The van der Waals surface area contributed by atoms with Crippen LogP contribution in [0.4, 0.5) is 0 Å². The fourth-order valence-electron chi connectivity index (χ4n) is 4.15. The lowest BCUT2D eigenvalue weighted by Gasteiger charge is -2.22. The van der Waals surface area contributed by atoms with E-state index in [1.807, 2.05) is 13.8 Å². The van der Waals surface area contributed by atoms with E-state index in [1.165, 1.54) is 23.3 Å². The Kier molecular flexibility index (Phi) is 6.22. The van der Waals surface area contributed by atoms with Gasteiger partial charge in [0.05, 0.1) is 16.6 Å². The second-order valence-electron chi connectivity index (χ2n) is 8.15. The maximum atomic E-state index is 13.3. The van der Waals surface area contributed by atoms with Crippen LogP contribution in [-0.2, 0) is 28.9 Å². The Morgan fingerprint density at radius 2 is 1.87 bits per heavy atom. The van der Waals surface area contributed by atoms with Gasteiger partial charge in [-0.2, -0.15) is 0 Å². The number of fused-ring (bicyclic) bond motifs is 1. The molecule has 2 aromatic carbocycles. The summed E-state index contributed by atoms with van der Waals surface area (Å²) in [6, 6.07) is 11.1. The van der Waals surface area contributed by atoms with Crippen LogP contribution in [0.1, 0.15) is 59.7 Å². The number of carbonyl (C=O) groups excluding carboxylic acids is 1. The molecule has 2 heterocycles. The lowest BCUT2D eigenvalue weighted by atomic mass is 9.90. The lowest BCUT2D eigenvalue weighted by Crippen LogP contribution is -2.26. The fraction of sp³-hybridized carbons (Fsp3) is 0.435. The summed E-state index contributed by atoms with van der Waals surface area (Å²) in [6.07, 6.45) is 1.95. The lowest BCUT2D eigenvalue weighted by molar-refractivity contribution is 0.0745. The Morgan fingerprint density at radius 3 is 2.57 bits per heavy atom. The first-order chi connectivity index (χ1) is 14.4. The van der Waals surface area contributed by atoms with Gasteiger partial charge in [0.15, 0.2) is 11.1 Å². The minimum Gasteiger partial charge on any atom is -0.490 e. The van der Waals surface area contributed by atoms with Gasteiger partial charge in [0.25, 0.3) is 5.91 Å². The number of benzene rings is 2. The number of nitrogens with zero attached hydrogens (tertiary/aromatic N) is 1. The Labute approximate surface area is 179 Å². The van der Waals surface area contributed by atoms with Gasteiger partial charge < -0.3 is 18.9 Å². The van der Waals surface area contributed by atoms with Gasteiger partial charge >= 0.3 is 0 Å². The summed E-state index contributed by atoms with van der Waals surface area (Å²) >= 11 is -2.16. The van der Waals surface area contributed by atoms with Gasteiger partial charge in [0.2, 0.25) is 0 Å². The summed E-state index contributed by atoms with van der Waals surface area (Å²) in [5.74, 6) is 0.751. The molecule has 0 spiro atoms. The normalized spacial score (nSPS) is 17.8. The zero-order chi connectivity index (χ0) is 21.3. The molecule has 2 aromatic rings. The second-order valence-corrected chi connectivity index (χ2v) is 9.12. The van der Waals surface area contributed by atoms with E-state index >= 15 is 0 Å². The number of hydrogen-bond acceptors (Lipinski definition) is 4. The molecule has 2 aliphatic heterocycles. The summed E-state index contributed by atoms with van der Waals surface area (Å²) in [6.45, 7) is 6.42. The van der Waals surface area contributed by atoms with Crippen LogP contribution in [0.5, 0.6) is 5.75 Å². The first kappa shape index (κ1) is 21.0. The highest BCUT2D eigenvalue weighted by atomic mass is 32.2. The highest BCUT2D eigenvalue weighted by molar-refractivity contribution is 7.79. The topological polar surface area (TPSA) is 76.1 Å². The molecule has 0 radical (unpaired) electrons. The molecule has 1 fully saturated rings.